The van der Waals surface area contributed by atoms with Gasteiger partial charge in [0.1, 0.15) is 5.02 Å². The highest BCUT2D eigenvalue weighted by molar-refractivity contribution is 6.33. The fraction of sp³-hybridized carbons (Fsp3) is 0.0667. The van der Waals surface area contributed by atoms with Gasteiger partial charge in [-0.15, -0.1) is 0 Å². The summed E-state index contributed by atoms with van der Waals surface area (Å²) in [5.41, 5.74) is 3.87. The lowest BCUT2D eigenvalue weighted by Gasteiger charge is -2.03. The first-order valence-corrected chi connectivity index (χ1v) is 6.47. The summed E-state index contributed by atoms with van der Waals surface area (Å²) in [6.07, 6.45) is 0. The second-order valence-electron chi connectivity index (χ2n) is 4.59. The normalized spacial score (nSPS) is 10.9. The number of rotatable bonds is 2. The van der Waals surface area contributed by atoms with Gasteiger partial charge in [0.2, 0.25) is 0 Å². The maximum absolute atomic E-state index is 10.8. The molecule has 3 aromatic rings. The Morgan fingerprint density at radius 3 is 2.65 bits per heavy atom. The van der Waals surface area contributed by atoms with E-state index in [1.54, 1.807) is 12.1 Å². The molecule has 4 nitrogen and oxygen atoms in total. The number of fused-ring (bicyclic) bond motifs is 1. The number of nitro groups is 1. The number of aryl methyl sites for hydroxylation is 1. The van der Waals surface area contributed by atoms with Crippen LogP contribution in [0.1, 0.15) is 5.69 Å². The van der Waals surface area contributed by atoms with Gasteiger partial charge in [0.15, 0.2) is 0 Å². The molecule has 0 aliphatic carbocycles. The van der Waals surface area contributed by atoms with Gasteiger partial charge < -0.3 is 4.98 Å². The van der Waals surface area contributed by atoms with E-state index in [1.165, 1.54) is 6.07 Å². The number of nitrogens with one attached hydrogen (secondary N) is 1. The van der Waals surface area contributed by atoms with E-state index in [2.05, 4.69) is 4.98 Å². The van der Waals surface area contributed by atoms with E-state index < -0.39 is 4.92 Å². The van der Waals surface area contributed by atoms with Gasteiger partial charge in [-0.1, -0.05) is 29.8 Å². The van der Waals surface area contributed by atoms with Crippen molar-refractivity contribution in [3.8, 4) is 11.1 Å². The molecular weight excluding hydrogens is 276 g/mol. The van der Waals surface area contributed by atoms with E-state index in [9.17, 15) is 10.1 Å². The number of para-hydroxylation sites is 1. The van der Waals surface area contributed by atoms with Gasteiger partial charge in [-0.05, 0) is 30.7 Å². The molecule has 0 aliphatic rings. The summed E-state index contributed by atoms with van der Waals surface area (Å²) in [5.74, 6) is 0. The van der Waals surface area contributed by atoms with Crippen molar-refractivity contribution in [2.24, 2.45) is 0 Å². The minimum atomic E-state index is -0.478. The third-order valence-corrected chi connectivity index (χ3v) is 3.63. The molecule has 1 N–H and O–H groups in total. The average molecular weight is 287 g/mol. The van der Waals surface area contributed by atoms with Crippen LogP contribution in [-0.2, 0) is 0 Å². The molecule has 0 spiro atoms. The molecule has 0 unspecified atom stereocenters. The zero-order valence-corrected chi connectivity index (χ0v) is 11.4. The van der Waals surface area contributed by atoms with Gasteiger partial charge in [-0.25, -0.2) is 0 Å². The summed E-state index contributed by atoms with van der Waals surface area (Å²) in [4.78, 5) is 13.6. The standard InChI is InChI=1S/C15H11ClN2O2/c1-9-15(11-4-2-3-5-13(11)17-9)10-6-7-14(18(19)20)12(16)8-10/h2-8,17H,1H3. The highest BCUT2D eigenvalue weighted by Crippen LogP contribution is 2.35. The van der Waals surface area contributed by atoms with Gasteiger partial charge in [0.25, 0.3) is 5.69 Å². The number of hydrogen-bond acceptors (Lipinski definition) is 2. The number of benzene rings is 2. The molecule has 5 heteroatoms. The summed E-state index contributed by atoms with van der Waals surface area (Å²) < 4.78 is 0. The van der Waals surface area contributed by atoms with Gasteiger partial charge in [0.05, 0.1) is 4.92 Å². The fourth-order valence-electron chi connectivity index (χ4n) is 2.46. The van der Waals surface area contributed by atoms with Crippen LogP contribution in [0.5, 0.6) is 0 Å². The van der Waals surface area contributed by atoms with Crippen molar-refractivity contribution >= 4 is 28.2 Å². The van der Waals surface area contributed by atoms with Crippen molar-refractivity contribution < 1.29 is 4.92 Å². The van der Waals surface area contributed by atoms with Crippen LogP contribution in [0.2, 0.25) is 5.02 Å². The maximum atomic E-state index is 10.8. The number of H-pyrrole nitrogens is 1. The van der Waals surface area contributed by atoms with Crippen LogP contribution in [-0.4, -0.2) is 9.91 Å². The Bertz CT molecular complexity index is 824. The smallest absolute Gasteiger partial charge is 0.287 e. The second kappa shape index (κ2) is 4.65. The molecule has 0 aliphatic heterocycles. The van der Waals surface area contributed by atoms with E-state index in [-0.39, 0.29) is 10.7 Å². The fourth-order valence-corrected chi connectivity index (χ4v) is 2.71. The summed E-state index contributed by atoms with van der Waals surface area (Å²) in [7, 11) is 0. The monoisotopic (exact) mass is 286 g/mol. The van der Waals surface area contributed by atoms with Crippen molar-refractivity contribution in [2.45, 2.75) is 6.92 Å². The highest BCUT2D eigenvalue weighted by Gasteiger charge is 2.16. The molecule has 20 heavy (non-hydrogen) atoms. The second-order valence-corrected chi connectivity index (χ2v) is 5.00. The van der Waals surface area contributed by atoms with Gasteiger partial charge in [-0.3, -0.25) is 10.1 Å². The van der Waals surface area contributed by atoms with E-state index in [1.807, 2.05) is 31.2 Å². The lowest BCUT2D eigenvalue weighted by molar-refractivity contribution is -0.384. The predicted octanol–water partition coefficient (Wildman–Crippen LogP) is 4.70. The van der Waals surface area contributed by atoms with Crippen LogP contribution >= 0.6 is 11.6 Å². The zero-order chi connectivity index (χ0) is 14.3. The maximum Gasteiger partial charge on any atom is 0.287 e. The molecule has 1 heterocycles. The number of halogens is 1. The topological polar surface area (TPSA) is 58.9 Å². The van der Waals surface area contributed by atoms with Crippen LogP contribution in [0.3, 0.4) is 0 Å². The Morgan fingerprint density at radius 1 is 1.20 bits per heavy atom. The summed E-state index contributed by atoms with van der Waals surface area (Å²) in [5, 5.41) is 12.0. The van der Waals surface area contributed by atoms with Gasteiger partial charge in [-0.2, -0.15) is 0 Å². The minimum Gasteiger partial charge on any atom is -0.358 e. The van der Waals surface area contributed by atoms with Crippen molar-refractivity contribution in [3.05, 3.63) is 63.3 Å². The van der Waals surface area contributed by atoms with Gasteiger partial charge >= 0.3 is 0 Å². The average Bonchev–Trinajstić information content (AvgIpc) is 2.73. The van der Waals surface area contributed by atoms with Crippen LogP contribution in [0, 0.1) is 17.0 Å². The lowest BCUT2D eigenvalue weighted by atomic mass is 10.0. The molecule has 1 aromatic heterocycles. The van der Waals surface area contributed by atoms with E-state index in [0.717, 1.165) is 27.7 Å². The Balaban J connectivity index is 2.23. The van der Waals surface area contributed by atoms with Crippen LogP contribution in [0.4, 0.5) is 5.69 Å². The predicted molar refractivity (Wildman–Crippen MR) is 80.1 cm³/mol. The third kappa shape index (κ3) is 1.94. The first kappa shape index (κ1) is 12.7. The van der Waals surface area contributed by atoms with Crippen molar-refractivity contribution in [1.29, 1.82) is 0 Å². The van der Waals surface area contributed by atoms with Crippen molar-refractivity contribution in [3.63, 3.8) is 0 Å². The summed E-state index contributed by atoms with van der Waals surface area (Å²) >= 11 is 5.99. The van der Waals surface area contributed by atoms with Crippen molar-refractivity contribution in [2.75, 3.05) is 0 Å². The number of nitrogens with zero attached hydrogens (tertiary/aromatic N) is 1. The van der Waals surface area contributed by atoms with E-state index in [4.69, 9.17) is 11.6 Å². The quantitative estimate of drug-likeness (QED) is 0.548. The van der Waals surface area contributed by atoms with Gasteiger partial charge in [0, 0.05) is 28.2 Å². The SMILES string of the molecule is Cc1[nH]c2ccccc2c1-c1ccc([N+](=O)[O-])c(Cl)c1. The summed E-state index contributed by atoms with van der Waals surface area (Å²) in [6.45, 7) is 1.98. The molecule has 0 radical (unpaired) electrons. The first-order valence-electron chi connectivity index (χ1n) is 6.09. The zero-order valence-electron chi connectivity index (χ0n) is 10.7. The number of aromatic amines is 1. The first-order chi connectivity index (χ1) is 9.58. The molecule has 0 amide bonds. The number of aromatic nitrogens is 1. The molecule has 0 fully saturated rings. The Hall–Kier alpha value is -2.33. The molecular formula is C15H11ClN2O2. The van der Waals surface area contributed by atoms with E-state index in [0.29, 0.717) is 0 Å². The Kier molecular flexibility index (Phi) is 2.95. The van der Waals surface area contributed by atoms with E-state index >= 15 is 0 Å². The Labute approximate surface area is 120 Å². The van der Waals surface area contributed by atoms with Crippen molar-refractivity contribution in [1.82, 2.24) is 4.98 Å². The molecule has 0 atom stereocenters. The van der Waals surface area contributed by atoms with Crippen LogP contribution in [0.15, 0.2) is 42.5 Å². The number of nitro benzene ring substituents is 1. The molecule has 100 valence electrons. The largest absolute Gasteiger partial charge is 0.358 e. The summed E-state index contributed by atoms with van der Waals surface area (Å²) in [6, 6.07) is 12.8. The van der Waals surface area contributed by atoms with Crippen LogP contribution in [0.25, 0.3) is 22.0 Å². The molecule has 2 aromatic carbocycles. The number of hydrogen-bond donors (Lipinski definition) is 1. The lowest BCUT2D eigenvalue weighted by Crippen LogP contribution is -1.89. The highest BCUT2D eigenvalue weighted by atomic mass is 35.5. The Morgan fingerprint density at radius 2 is 1.95 bits per heavy atom. The molecule has 3 rings (SSSR count). The molecule has 0 saturated heterocycles. The van der Waals surface area contributed by atoms with Crippen LogP contribution < -0.4 is 0 Å². The third-order valence-electron chi connectivity index (χ3n) is 3.33. The minimum absolute atomic E-state index is 0.0760. The molecule has 0 bridgehead atoms. The molecule has 0 saturated carbocycles.